The fourth-order valence-corrected chi connectivity index (χ4v) is 6.20. The maximum atomic E-state index is 6.77. The van der Waals surface area contributed by atoms with Crippen LogP contribution in [0.3, 0.4) is 0 Å². The zero-order chi connectivity index (χ0) is 23.1. The van der Waals surface area contributed by atoms with E-state index < -0.39 is 0 Å². The molecule has 4 aromatic rings. The van der Waals surface area contributed by atoms with E-state index in [0.717, 1.165) is 11.5 Å². The van der Waals surface area contributed by atoms with Crippen LogP contribution in [0.5, 0.6) is 11.5 Å². The third-order valence-corrected chi connectivity index (χ3v) is 8.35. The molecule has 1 fully saturated rings. The van der Waals surface area contributed by atoms with Crippen LogP contribution in [0.2, 0.25) is 0 Å². The monoisotopic (exact) mass is 436 g/mol. The molecule has 2 nitrogen and oxygen atoms in total. The molecule has 0 atom stereocenters. The summed E-state index contributed by atoms with van der Waals surface area (Å²) in [5, 5.41) is 5.00. The highest BCUT2D eigenvalue weighted by atomic mass is 16.5. The van der Waals surface area contributed by atoms with Crippen molar-refractivity contribution in [1.82, 2.24) is 0 Å². The lowest BCUT2D eigenvalue weighted by molar-refractivity contribution is -0.659. The highest BCUT2D eigenvalue weighted by Gasteiger charge is 2.33. The Kier molecular flexibility index (Phi) is 4.43. The summed E-state index contributed by atoms with van der Waals surface area (Å²) in [6.45, 7) is 11.5. The van der Waals surface area contributed by atoms with Gasteiger partial charge in [-0.2, -0.15) is 4.57 Å². The molecule has 0 amide bonds. The first-order valence-electron chi connectivity index (χ1n) is 12.4. The SMILES string of the molecule is Cc1cc2c3c(c(C)c(C)cc3c1)-c1c(c3cc(C4CCC(C)(C)CC4)ccc3c[n+]1C)O2. The molecule has 33 heavy (non-hydrogen) atoms. The van der Waals surface area contributed by atoms with Crippen LogP contribution in [0.1, 0.15) is 67.7 Å². The number of hydrogen-bond donors (Lipinski definition) is 0. The molecule has 0 N–H and O–H groups in total. The van der Waals surface area contributed by atoms with Crippen molar-refractivity contribution in [3.8, 4) is 22.8 Å². The Morgan fingerprint density at radius 2 is 1.70 bits per heavy atom. The van der Waals surface area contributed by atoms with E-state index in [1.54, 1.807) is 0 Å². The van der Waals surface area contributed by atoms with Crippen LogP contribution in [0.25, 0.3) is 32.8 Å². The van der Waals surface area contributed by atoms with E-state index in [0.29, 0.717) is 11.3 Å². The Labute approximate surface area is 197 Å². The van der Waals surface area contributed by atoms with Gasteiger partial charge in [-0.1, -0.05) is 32.0 Å². The zero-order valence-corrected chi connectivity index (χ0v) is 20.8. The first-order valence-corrected chi connectivity index (χ1v) is 12.4. The molecule has 0 radical (unpaired) electrons. The number of ether oxygens (including phenoxy) is 1. The van der Waals surface area contributed by atoms with Crippen molar-refractivity contribution in [2.24, 2.45) is 12.5 Å². The predicted molar refractivity (Wildman–Crippen MR) is 137 cm³/mol. The number of nitrogens with zero attached hydrogens (tertiary/aromatic N) is 1. The van der Waals surface area contributed by atoms with Crippen LogP contribution in [-0.4, -0.2) is 0 Å². The normalized spacial score (nSPS) is 17.3. The third-order valence-electron chi connectivity index (χ3n) is 8.35. The number of aromatic nitrogens is 1. The van der Waals surface area contributed by atoms with E-state index in [1.165, 1.54) is 80.7 Å². The maximum Gasteiger partial charge on any atom is 0.257 e. The summed E-state index contributed by atoms with van der Waals surface area (Å²) < 4.78 is 9.04. The van der Waals surface area contributed by atoms with Crippen molar-refractivity contribution < 1.29 is 9.30 Å². The molecule has 2 aliphatic rings. The van der Waals surface area contributed by atoms with Gasteiger partial charge in [-0.05, 0) is 104 Å². The van der Waals surface area contributed by atoms with Gasteiger partial charge in [0.1, 0.15) is 12.8 Å². The number of pyridine rings is 1. The van der Waals surface area contributed by atoms with Gasteiger partial charge in [0.05, 0.1) is 5.56 Å². The lowest BCUT2D eigenvalue weighted by Gasteiger charge is -2.34. The van der Waals surface area contributed by atoms with Gasteiger partial charge in [0.2, 0.25) is 5.75 Å². The minimum Gasteiger partial charge on any atom is -0.449 e. The van der Waals surface area contributed by atoms with Crippen LogP contribution in [0.15, 0.2) is 42.6 Å². The Morgan fingerprint density at radius 3 is 2.45 bits per heavy atom. The summed E-state index contributed by atoms with van der Waals surface area (Å²) in [5.74, 6) is 2.66. The molecule has 1 aromatic heterocycles. The van der Waals surface area contributed by atoms with Crippen molar-refractivity contribution in [2.75, 3.05) is 0 Å². The van der Waals surface area contributed by atoms with Crippen molar-refractivity contribution in [3.05, 3.63) is 64.8 Å². The van der Waals surface area contributed by atoms with Gasteiger partial charge in [-0.15, -0.1) is 0 Å². The average Bonchev–Trinajstić information content (AvgIpc) is 2.76. The van der Waals surface area contributed by atoms with Crippen LogP contribution in [0.4, 0.5) is 0 Å². The second-order valence-electron chi connectivity index (χ2n) is 11.4. The quantitative estimate of drug-likeness (QED) is 0.241. The number of hydrogen-bond acceptors (Lipinski definition) is 1. The second kappa shape index (κ2) is 7.06. The van der Waals surface area contributed by atoms with E-state index >= 15 is 0 Å². The Balaban J connectivity index is 1.60. The van der Waals surface area contributed by atoms with Gasteiger partial charge in [0, 0.05) is 16.2 Å². The van der Waals surface area contributed by atoms with Crippen LogP contribution in [-0.2, 0) is 7.05 Å². The lowest BCUT2D eigenvalue weighted by Crippen LogP contribution is -2.32. The molecule has 2 heterocycles. The van der Waals surface area contributed by atoms with E-state index in [4.69, 9.17) is 4.74 Å². The van der Waals surface area contributed by atoms with Gasteiger partial charge >= 0.3 is 0 Å². The molecule has 0 bridgehead atoms. The summed E-state index contributed by atoms with van der Waals surface area (Å²) in [6, 6.07) is 13.9. The van der Waals surface area contributed by atoms with E-state index in [1.807, 2.05) is 0 Å². The Hall–Kier alpha value is -2.87. The first kappa shape index (κ1) is 20.7. The smallest absolute Gasteiger partial charge is 0.257 e. The van der Waals surface area contributed by atoms with Gasteiger partial charge in [0.15, 0.2) is 6.20 Å². The minimum absolute atomic E-state index is 0.485. The number of benzene rings is 3. The lowest BCUT2D eigenvalue weighted by atomic mass is 9.71. The molecule has 0 saturated heterocycles. The van der Waals surface area contributed by atoms with E-state index in [2.05, 4.69) is 88.8 Å². The average molecular weight is 437 g/mol. The van der Waals surface area contributed by atoms with Crippen LogP contribution >= 0.6 is 0 Å². The topological polar surface area (TPSA) is 13.1 Å². The van der Waals surface area contributed by atoms with Gasteiger partial charge in [0.25, 0.3) is 5.69 Å². The van der Waals surface area contributed by atoms with Crippen LogP contribution in [0, 0.1) is 26.2 Å². The van der Waals surface area contributed by atoms with Gasteiger partial charge in [-0.3, -0.25) is 0 Å². The van der Waals surface area contributed by atoms with Crippen molar-refractivity contribution in [3.63, 3.8) is 0 Å². The Bertz CT molecular complexity index is 1450. The van der Waals surface area contributed by atoms with Gasteiger partial charge < -0.3 is 4.74 Å². The highest BCUT2D eigenvalue weighted by molar-refractivity contribution is 6.07. The zero-order valence-electron chi connectivity index (χ0n) is 20.8. The minimum atomic E-state index is 0.485. The molecule has 1 aliphatic heterocycles. The van der Waals surface area contributed by atoms with Crippen molar-refractivity contribution in [2.45, 2.75) is 66.2 Å². The van der Waals surface area contributed by atoms with Crippen LogP contribution < -0.4 is 9.30 Å². The number of aryl methyl sites for hydroxylation is 3. The molecule has 2 heteroatoms. The number of fused-ring (bicyclic) bond motifs is 4. The third kappa shape index (κ3) is 3.18. The number of rotatable bonds is 1. The molecule has 168 valence electrons. The van der Waals surface area contributed by atoms with Crippen molar-refractivity contribution in [1.29, 1.82) is 0 Å². The molecule has 3 aromatic carbocycles. The largest absolute Gasteiger partial charge is 0.449 e. The first-order chi connectivity index (χ1) is 15.7. The highest BCUT2D eigenvalue weighted by Crippen LogP contribution is 2.50. The Morgan fingerprint density at radius 1 is 0.939 bits per heavy atom. The molecule has 1 saturated carbocycles. The second-order valence-corrected chi connectivity index (χ2v) is 11.4. The fraction of sp³-hybridized carbons (Fsp3) is 0.387. The molecule has 1 aliphatic carbocycles. The molecule has 6 rings (SSSR count). The van der Waals surface area contributed by atoms with Gasteiger partial charge in [-0.25, -0.2) is 0 Å². The van der Waals surface area contributed by atoms with E-state index in [-0.39, 0.29) is 0 Å². The fourth-order valence-electron chi connectivity index (χ4n) is 6.20. The van der Waals surface area contributed by atoms with Crippen molar-refractivity contribution >= 4 is 21.5 Å². The summed E-state index contributed by atoms with van der Waals surface area (Å²) in [6.07, 6.45) is 7.45. The molecular formula is C31H34NO+. The summed E-state index contributed by atoms with van der Waals surface area (Å²) in [5.41, 5.74) is 8.41. The standard InChI is InChI=1S/C31H34NO/c1-18-13-24-15-19(2)20(3)27-28(24)26(14-18)33-30-25-16-22(21-9-11-31(4,5)12-10-21)7-8-23(25)17-32(6)29(27)30/h7-8,13-17,21H,9-12H2,1-6H3/q+1. The maximum absolute atomic E-state index is 6.77. The molecular weight excluding hydrogens is 402 g/mol. The summed E-state index contributed by atoms with van der Waals surface area (Å²) in [4.78, 5) is 0. The predicted octanol–water partition coefficient (Wildman–Crippen LogP) is 8.20. The molecule has 0 spiro atoms. The molecule has 0 unspecified atom stereocenters. The van der Waals surface area contributed by atoms with E-state index in [9.17, 15) is 0 Å². The summed E-state index contributed by atoms with van der Waals surface area (Å²) in [7, 11) is 2.16. The summed E-state index contributed by atoms with van der Waals surface area (Å²) >= 11 is 0.